The Morgan fingerprint density at radius 2 is 1.65 bits per heavy atom. The van der Waals surface area contributed by atoms with Crippen molar-refractivity contribution in [3.63, 3.8) is 0 Å². The zero-order chi connectivity index (χ0) is 31.6. The minimum atomic E-state index is -2.61. The first-order chi connectivity index (χ1) is 20.1. The number of aliphatic hydroxyl groups excluding tert-OH is 2. The zero-order valence-electron chi connectivity index (χ0n) is 25.9. The molecule has 7 heteroatoms. The summed E-state index contributed by atoms with van der Waals surface area (Å²) in [5.41, 5.74) is -2.25. The molecule has 3 aliphatic carbocycles. The fraction of sp³-hybridized carbons (Fsp3) is 0.472. The molecule has 1 unspecified atom stereocenters. The van der Waals surface area contributed by atoms with Gasteiger partial charge in [-0.2, -0.15) is 0 Å². The molecule has 5 rings (SSSR count). The van der Waals surface area contributed by atoms with Crippen LogP contribution in [-0.4, -0.2) is 43.4 Å². The van der Waals surface area contributed by atoms with Crippen molar-refractivity contribution in [1.82, 2.24) is 0 Å². The monoisotopic (exact) mass is 586 g/mol. The summed E-state index contributed by atoms with van der Waals surface area (Å²) >= 11 is 0. The number of aliphatic hydroxyl groups is 3. The molecule has 0 saturated heterocycles. The summed E-state index contributed by atoms with van der Waals surface area (Å²) in [4.78, 5) is 40.6. The number of phenolic OH excluding ortho intramolecular Hbond substituents is 1. The number of fused-ring (bicyclic) bond motifs is 3. The van der Waals surface area contributed by atoms with Gasteiger partial charge in [-0.1, -0.05) is 77.8 Å². The largest absolute Gasteiger partial charge is 0.511 e. The highest BCUT2D eigenvalue weighted by Crippen LogP contribution is 2.65. The second kappa shape index (κ2) is 10.5. The van der Waals surface area contributed by atoms with Crippen molar-refractivity contribution in [2.75, 3.05) is 0 Å². The van der Waals surface area contributed by atoms with E-state index in [4.69, 9.17) is 0 Å². The van der Waals surface area contributed by atoms with E-state index >= 15 is 0 Å². The molecule has 0 bridgehead atoms. The number of ketones is 3. The van der Waals surface area contributed by atoms with E-state index in [2.05, 4.69) is 19.1 Å². The molecule has 43 heavy (non-hydrogen) atoms. The molecular weight excluding hydrogens is 544 g/mol. The highest BCUT2D eigenvalue weighted by Gasteiger charge is 2.71. The number of hydrogen-bond acceptors (Lipinski definition) is 7. The van der Waals surface area contributed by atoms with Gasteiger partial charge in [-0.3, -0.25) is 14.4 Å². The Kier molecular flexibility index (Phi) is 7.49. The van der Waals surface area contributed by atoms with Gasteiger partial charge in [-0.05, 0) is 66.8 Å². The van der Waals surface area contributed by atoms with Crippen molar-refractivity contribution in [2.45, 2.75) is 85.7 Å². The van der Waals surface area contributed by atoms with Crippen molar-refractivity contribution in [3.05, 3.63) is 75.8 Å². The molecule has 0 aromatic heterocycles. The molecule has 7 nitrogen and oxygen atoms in total. The quantitative estimate of drug-likeness (QED) is 0.208. The first-order valence-corrected chi connectivity index (χ1v) is 15.3. The van der Waals surface area contributed by atoms with Crippen LogP contribution in [-0.2, 0) is 22.4 Å². The number of Topliss-reactive ketones (excluding diaryl/α,β-unsaturated/α-hetero) is 3. The number of hydrogen-bond donors (Lipinski definition) is 4. The van der Waals surface area contributed by atoms with Gasteiger partial charge in [0.2, 0.25) is 5.78 Å². The smallest absolute Gasteiger partial charge is 0.209 e. The predicted molar refractivity (Wildman–Crippen MR) is 164 cm³/mol. The minimum Gasteiger partial charge on any atom is -0.511 e. The van der Waals surface area contributed by atoms with Gasteiger partial charge in [0.15, 0.2) is 17.2 Å². The summed E-state index contributed by atoms with van der Waals surface area (Å²) in [6.45, 7) is 10.4. The van der Waals surface area contributed by atoms with Gasteiger partial charge >= 0.3 is 0 Å². The molecule has 0 heterocycles. The molecule has 0 fully saturated rings. The van der Waals surface area contributed by atoms with Gasteiger partial charge in [0, 0.05) is 22.3 Å². The average Bonchev–Trinajstić information content (AvgIpc) is 2.91. The molecule has 0 aliphatic heterocycles. The van der Waals surface area contributed by atoms with E-state index in [9.17, 15) is 34.8 Å². The van der Waals surface area contributed by atoms with Crippen molar-refractivity contribution in [2.24, 2.45) is 22.7 Å². The van der Waals surface area contributed by atoms with Crippen LogP contribution in [0.15, 0.2) is 59.1 Å². The Bertz CT molecular complexity index is 1590. The maximum Gasteiger partial charge on any atom is 0.209 e. The highest BCUT2D eigenvalue weighted by molar-refractivity contribution is 6.25. The van der Waals surface area contributed by atoms with E-state index in [0.29, 0.717) is 5.56 Å². The summed E-state index contributed by atoms with van der Waals surface area (Å²) in [6.07, 6.45) is 4.71. The fourth-order valence-electron chi connectivity index (χ4n) is 8.43. The number of carbonyl (C=O) groups excluding carboxylic acids is 3. The molecule has 0 spiro atoms. The van der Waals surface area contributed by atoms with E-state index in [0.717, 1.165) is 43.7 Å². The lowest BCUT2D eigenvalue weighted by molar-refractivity contribution is -0.171. The second-order valence-corrected chi connectivity index (χ2v) is 13.6. The van der Waals surface area contributed by atoms with E-state index in [1.54, 1.807) is 13.0 Å². The summed E-state index contributed by atoms with van der Waals surface area (Å²) in [5, 5.41) is 46.3. The van der Waals surface area contributed by atoms with Crippen molar-refractivity contribution >= 4 is 17.3 Å². The van der Waals surface area contributed by atoms with Crippen molar-refractivity contribution in [1.29, 1.82) is 0 Å². The molecule has 0 radical (unpaired) electrons. The predicted octanol–water partition coefficient (Wildman–Crippen LogP) is 6.75. The normalized spacial score (nSPS) is 28.6. The van der Waals surface area contributed by atoms with Gasteiger partial charge in [0.1, 0.15) is 22.8 Å². The summed E-state index contributed by atoms with van der Waals surface area (Å²) in [5.74, 6) is -5.12. The van der Waals surface area contributed by atoms with Gasteiger partial charge in [-0.25, -0.2) is 0 Å². The van der Waals surface area contributed by atoms with Gasteiger partial charge < -0.3 is 20.4 Å². The Morgan fingerprint density at radius 1 is 1.00 bits per heavy atom. The number of allylic oxidation sites excluding steroid dienone is 2. The Hall–Kier alpha value is -3.71. The maximum atomic E-state index is 14.3. The number of aromatic hydroxyl groups is 1. The van der Waals surface area contributed by atoms with Gasteiger partial charge in [-0.15, -0.1) is 0 Å². The van der Waals surface area contributed by atoms with Crippen LogP contribution >= 0.6 is 0 Å². The van der Waals surface area contributed by atoms with Crippen LogP contribution in [0, 0.1) is 22.7 Å². The third-order valence-corrected chi connectivity index (χ3v) is 10.2. The second-order valence-electron chi connectivity index (χ2n) is 13.6. The first kappa shape index (κ1) is 30.7. The number of phenols is 1. The van der Waals surface area contributed by atoms with E-state index in [-0.39, 0.29) is 41.4 Å². The van der Waals surface area contributed by atoms with Crippen LogP contribution in [0.1, 0.15) is 88.7 Å². The van der Waals surface area contributed by atoms with E-state index < -0.39 is 51.0 Å². The van der Waals surface area contributed by atoms with Crippen molar-refractivity contribution in [3.8, 4) is 16.9 Å². The molecule has 0 amide bonds. The SMILES string of the molecule is CCCCCc1ccc(-c2ccc(O)c3c2C[C@]2(C)C[C@]4(C)C(C(C)C)C(O)=C(C(C)=O)C(=O)[C@]4(O)C(O)=C2C3=O)cc1. The fourth-order valence-corrected chi connectivity index (χ4v) is 8.43. The molecule has 228 valence electrons. The lowest BCUT2D eigenvalue weighted by atomic mass is 9.44. The third-order valence-electron chi connectivity index (χ3n) is 10.2. The molecule has 2 aromatic rings. The molecule has 4 N–H and O–H groups in total. The van der Waals surface area contributed by atoms with E-state index in [1.165, 1.54) is 11.6 Å². The molecule has 4 atom stereocenters. The number of carbonyl (C=O) groups is 3. The molecule has 2 aromatic carbocycles. The molecule has 3 aliphatic rings. The molecular formula is C36H42O7. The van der Waals surface area contributed by atoms with Gasteiger partial charge in [0.05, 0.1) is 5.56 Å². The number of unbranched alkanes of at least 4 members (excludes halogenated alkanes) is 2. The zero-order valence-corrected chi connectivity index (χ0v) is 25.9. The van der Waals surface area contributed by atoms with Crippen LogP contribution in [0.3, 0.4) is 0 Å². The highest BCUT2D eigenvalue weighted by atomic mass is 16.3. The van der Waals surface area contributed by atoms with E-state index in [1.807, 2.05) is 32.9 Å². The lowest BCUT2D eigenvalue weighted by Gasteiger charge is -2.59. The topological polar surface area (TPSA) is 132 Å². The third kappa shape index (κ3) is 4.30. The summed E-state index contributed by atoms with van der Waals surface area (Å²) < 4.78 is 0. The Labute approximate surface area is 253 Å². The van der Waals surface area contributed by atoms with Crippen LogP contribution < -0.4 is 0 Å². The number of rotatable bonds is 7. The van der Waals surface area contributed by atoms with Crippen LogP contribution in [0.2, 0.25) is 0 Å². The Morgan fingerprint density at radius 3 is 2.23 bits per heavy atom. The lowest BCUT2D eigenvalue weighted by Crippen LogP contribution is -2.67. The van der Waals surface area contributed by atoms with Gasteiger partial charge in [0.25, 0.3) is 0 Å². The number of benzene rings is 2. The Balaban J connectivity index is 1.69. The maximum absolute atomic E-state index is 14.3. The standard InChI is InChI=1S/C36H42O7/c1-7-8-9-10-21-11-13-22(14-12-21)23-15-16-25(38)27-24(23)17-34(5)18-35(6)28(19(2)3)30(39)26(20(4)37)32(41)36(35,43)33(42)29(34)31(27)40/h11-16,19,28,38-39,42-43H,7-10,17-18H2,1-6H3/t28?,34-,35-,36+/m1/s1. The van der Waals surface area contributed by atoms with Crippen LogP contribution in [0.5, 0.6) is 5.75 Å². The minimum absolute atomic E-state index is 0.0320. The molecule has 0 saturated carbocycles. The first-order valence-electron chi connectivity index (χ1n) is 15.3. The van der Waals surface area contributed by atoms with Crippen LogP contribution in [0.4, 0.5) is 0 Å². The summed E-state index contributed by atoms with van der Waals surface area (Å²) in [7, 11) is 0. The number of aryl methyl sites for hydroxylation is 1. The van der Waals surface area contributed by atoms with Crippen molar-refractivity contribution < 1.29 is 34.8 Å². The average molecular weight is 587 g/mol. The van der Waals surface area contributed by atoms with Crippen LogP contribution in [0.25, 0.3) is 11.1 Å². The summed E-state index contributed by atoms with van der Waals surface area (Å²) in [6, 6.07) is 11.5.